The molecule has 0 heterocycles. The van der Waals surface area contributed by atoms with Gasteiger partial charge in [0.05, 0.1) is 6.61 Å². The third-order valence-corrected chi connectivity index (χ3v) is 1.79. The van der Waals surface area contributed by atoms with Crippen LogP contribution in [0.5, 0.6) is 0 Å². The lowest BCUT2D eigenvalue weighted by molar-refractivity contribution is 0.185. The zero-order valence-corrected chi connectivity index (χ0v) is 8.33. The molecule has 0 atom stereocenters. The first kappa shape index (κ1) is 10.5. The second-order valence-electron chi connectivity index (χ2n) is 2.79. The molecule has 2 N–H and O–H groups in total. The Morgan fingerprint density at radius 2 is 2.14 bits per heavy atom. The van der Waals surface area contributed by atoms with Crippen molar-refractivity contribution in [3.63, 3.8) is 0 Å². The van der Waals surface area contributed by atoms with Crippen molar-refractivity contribution in [2.45, 2.75) is 6.61 Å². The molecule has 1 aromatic carbocycles. The number of anilines is 1. The van der Waals surface area contributed by atoms with Gasteiger partial charge in [-0.15, -0.1) is 0 Å². The number of nitrogens with one attached hydrogen (secondary N) is 2. The van der Waals surface area contributed by atoms with Crippen LogP contribution < -0.4 is 10.6 Å². The number of hydrogen-bond acceptors (Lipinski definition) is 2. The number of methoxy groups -OCH3 is 1. The smallest absolute Gasteiger partial charge is 0.318 e. The average Bonchev–Trinajstić information content (AvgIpc) is 2.21. The molecule has 4 heteroatoms. The Balaban J connectivity index is 2.78. The summed E-state index contributed by atoms with van der Waals surface area (Å²) in [6, 6.07) is 7.29. The highest BCUT2D eigenvalue weighted by Crippen LogP contribution is 2.15. The molecule has 0 bridgehead atoms. The van der Waals surface area contributed by atoms with Gasteiger partial charge in [0.25, 0.3) is 0 Å². The van der Waals surface area contributed by atoms with Crippen LogP contribution in [0.2, 0.25) is 0 Å². The highest BCUT2D eigenvalue weighted by molar-refractivity contribution is 5.89. The van der Waals surface area contributed by atoms with Gasteiger partial charge in [0.15, 0.2) is 0 Å². The molecule has 76 valence electrons. The number of carbonyl (C=O) groups excluding carboxylic acids is 1. The fourth-order valence-corrected chi connectivity index (χ4v) is 1.11. The maximum atomic E-state index is 11.1. The fourth-order valence-electron chi connectivity index (χ4n) is 1.11. The summed E-state index contributed by atoms with van der Waals surface area (Å²) in [5, 5.41) is 5.21. The van der Waals surface area contributed by atoms with Crippen molar-refractivity contribution in [2.75, 3.05) is 19.5 Å². The van der Waals surface area contributed by atoms with E-state index in [1.807, 2.05) is 24.3 Å². The zero-order chi connectivity index (χ0) is 10.4. The molecule has 1 aromatic rings. The summed E-state index contributed by atoms with van der Waals surface area (Å²) in [5.41, 5.74) is 1.73. The first-order valence-corrected chi connectivity index (χ1v) is 4.33. The molecule has 0 fully saturated rings. The van der Waals surface area contributed by atoms with Crippen molar-refractivity contribution in [1.82, 2.24) is 5.32 Å². The van der Waals surface area contributed by atoms with E-state index in [0.29, 0.717) is 6.61 Å². The van der Waals surface area contributed by atoms with Crippen LogP contribution in [-0.2, 0) is 11.3 Å². The quantitative estimate of drug-likeness (QED) is 0.767. The Hall–Kier alpha value is -1.55. The van der Waals surface area contributed by atoms with Crippen LogP contribution in [0.3, 0.4) is 0 Å². The predicted octanol–water partition coefficient (Wildman–Crippen LogP) is 1.58. The van der Waals surface area contributed by atoms with Crippen LogP contribution in [0.25, 0.3) is 0 Å². The average molecular weight is 194 g/mol. The monoisotopic (exact) mass is 194 g/mol. The van der Waals surface area contributed by atoms with E-state index < -0.39 is 0 Å². The largest absolute Gasteiger partial charge is 0.380 e. The van der Waals surface area contributed by atoms with Gasteiger partial charge in [-0.25, -0.2) is 4.79 Å². The molecule has 14 heavy (non-hydrogen) atoms. The lowest BCUT2D eigenvalue weighted by Gasteiger charge is -2.09. The van der Waals surface area contributed by atoms with Gasteiger partial charge in [-0.2, -0.15) is 0 Å². The molecule has 1 rings (SSSR count). The first-order valence-electron chi connectivity index (χ1n) is 4.33. The third-order valence-electron chi connectivity index (χ3n) is 1.79. The van der Waals surface area contributed by atoms with E-state index >= 15 is 0 Å². The number of para-hydroxylation sites is 1. The van der Waals surface area contributed by atoms with Crippen LogP contribution in [0.1, 0.15) is 5.56 Å². The summed E-state index contributed by atoms with van der Waals surface area (Å²) >= 11 is 0. The van der Waals surface area contributed by atoms with Crippen LogP contribution in [0.15, 0.2) is 24.3 Å². The topological polar surface area (TPSA) is 50.4 Å². The number of carbonyl (C=O) groups is 1. The molecule has 0 aliphatic heterocycles. The first-order chi connectivity index (χ1) is 6.77. The number of ether oxygens (including phenoxy) is 1. The second-order valence-corrected chi connectivity index (χ2v) is 2.79. The van der Waals surface area contributed by atoms with E-state index in [9.17, 15) is 4.79 Å². The molecule has 0 radical (unpaired) electrons. The van der Waals surface area contributed by atoms with E-state index in [4.69, 9.17) is 4.74 Å². The van der Waals surface area contributed by atoms with Gasteiger partial charge in [0.2, 0.25) is 0 Å². The number of hydrogen-bond donors (Lipinski definition) is 2. The van der Waals surface area contributed by atoms with Crippen LogP contribution in [0.4, 0.5) is 10.5 Å². The van der Waals surface area contributed by atoms with E-state index in [2.05, 4.69) is 10.6 Å². The molecule has 4 nitrogen and oxygen atoms in total. The second kappa shape index (κ2) is 5.24. The fraction of sp³-hybridized carbons (Fsp3) is 0.300. The maximum Gasteiger partial charge on any atom is 0.318 e. The lowest BCUT2D eigenvalue weighted by Crippen LogP contribution is -2.25. The standard InChI is InChI=1S/C10H14N2O2/c1-11-10(13)12-9-6-4-3-5-8(9)7-14-2/h3-6H,7H2,1-2H3,(H2,11,12,13). The molecule has 2 amide bonds. The van der Waals surface area contributed by atoms with Gasteiger partial charge in [0, 0.05) is 25.4 Å². The SMILES string of the molecule is CNC(=O)Nc1ccccc1COC. The number of benzene rings is 1. The molecular weight excluding hydrogens is 180 g/mol. The van der Waals surface area contributed by atoms with Crippen LogP contribution >= 0.6 is 0 Å². The molecule has 0 saturated carbocycles. The summed E-state index contributed by atoms with van der Waals surface area (Å²) in [4.78, 5) is 11.1. The Morgan fingerprint density at radius 3 is 2.79 bits per heavy atom. The van der Waals surface area contributed by atoms with Crippen LogP contribution in [0, 0.1) is 0 Å². The van der Waals surface area contributed by atoms with E-state index in [1.165, 1.54) is 0 Å². The van der Waals surface area contributed by atoms with Gasteiger partial charge in [-0.1, -0.05) is 18.2 Å². The Morgan fingerprint density at radius 1 is 1.43 bits per heavy atom. The Labute approximate surface area is 83.3 Å². The van der Waals surface area contributed by atoms with Gasteiger partial charge in [0.1, 0.15) is 0 Å². The maximum absolute atomic E-state index is 11.1. The molecule has 0 aliphatic carbocycles. The summed E-state index contributed by atoms with van der Waals surface area (Å²) < 4.78 is 5.01. The highest BCUT2D eigenvalue weighted by Gasteiger charge is 2.03. The van der Waals surface area contributed by atoms with E-state index in [1.54, 1.807) is 14.2 Å². The third kappa shape index (κ3) is 2.74. The minimum absolute atomic E-state index is 0.228. The summed E-state index contributed by atoms with van der Waals surface area (Å²) in [7, 11) is 3.20. The minimum atomic E-state index is -0.228. The zero-order valence-electron chi connectivity index (χ0n) is 8.33. The molecule has 0 unspecified atom stereocenters. The number of amides is 2. The minimum Gasteiger partial charge on any atom is -0.380 e. The van der Waals surface area contributed by atoms with Crippen molar-refractivity contribution in [2.24, 2.45) is 0 Å². The lowest BCUT2D eigenvalue weighted by atomic mass is 10.2. The van der Waals surface area contributed by atoms with E-state index in [-0.39, 0.29) is 6.03 Å². The summed E-state index contributed by atoms with van der Waals surface area (Å²) in [5.74, 6) is 0. The van der Waals surface area contributed by atoms with Crippen LogP contribution in [-0.4, -0.2) is 20.2 Å². The Kier molecular flexibility index (Phi) is 3.94. The van der Waals surface area contributed by atoms with Crippen molar-refractivity contribution in [3.05, 3.63) is 29.8 Å². The van der Waals surface area contributed by atoms with Gasteiger partial charge >= 0.3 is 6.03 Å². The van der Waals surface area contributed by atoms with Gasteiger partial charge in [-0.3, -0.25) is 0 Å². The van der Waals surface area contributed by atoms with Crippen molar-refractivity contribution >= 4 is 11.7 Å². The molecular formula is C10H14N2O2. The summed E-state index contributed by atoms with van der Waals surface area (Å²) in [6.07, 6.45) is 0. The summed E-state index contributed by atoms with van der Waals surface area (Å²) in [6.45, 7) is 0.486. The van der Waals surface area contributed by atoms with Crippen molar-refractivity contribution in [1.29, 1.82) is 0 Å². The van der Waals surface area contributed by atoms with Gasteiger partial charge < -0.3 is 15.4 Å². The number of urea groups is 1. The Bertz CT molecular complexity index is 313. The van der Waals surface area contributed by atoms with Crippen molar-refractivity contribution in [3.8, 4) is 0 Å². The number of rotatable bonds is 3. The van der Waals surface area contributed by atoms with Crippen molar-refractivity contribution < 1.29 is 9.53 Å². The van der Waals surface area contributed by atoms with E-state index in [0.717, 1.165) is 11.3 Å². The van der Waals surface area contributed by atoms with Gasteiger partial charge in [-0.05, 0) is 6.07 Å². The highest BCUT2D eigenvalue weighted by atomic mass is 16.5. The predicted molar refractivity (Wildman–Crippen MR) is 55.2 cm³/mol. The normalized spacial score (nSPS) is 9.57. The molecule has 0 aliphatic rings. The molecule has 0 spiro atoms. The molecule has 0 saturated heterocycles. The molecule has 0 aromatic heterocycles.